The molecule has 1 N–H and O–H groups in total. The molecule has 2 aliphatic rings. The summed E-state index contributed by atoms with van der Waals surface area (Å²) in [5, 5.41) is 7.74. The fraction of sp³-hybridized carbons (Fsp3) is 0.750. The van der Waals surface area contributed by atoms with Crippen LogP contribution in [0.25, 0.3) is 0 Å². The maximum absolute atomic E-state index is 5.90. The minimum Gasteiger partial charge on any atom is -0.370 e. The van der Waals surface area contributed by atoms with E-state index in [2.05, 4.69) is 25.2 Å². The van der Waals surface area contributed by atoms with E-state index >= 15 is 0 Å². The molecule has 7 nitrogen and oxygen atoms in total. The van der Waals surface area contributed by atoms with Gasteiger partial charge in [-0.1, -0.05) is 0 Å². The van der Waals surface area contributed by atoms with Crippen LogP contribution in [0.4, 0.5) is 0 Å². The van der Waals surface area contributed by atoms with Crippen molar-refractivity contribution < 1.29 is 4.74 Å². The Bertz CT molecular complexity index is 528. The predicted molar refractivity (Wildman–Crippen MR) is 106 cm³/mol. The number of hydrogen-bond acceptors (Lipinski definition) is 4. The minimum absolute atomic E-state index is 0. The Balaban J connectivity index is 0.00000208. The SMILES string of the molecule is CN=C(NCCN1CCCC1)N1CCOC(c2cnn(C)c2)C1.I. The molecule has 2 saturated heterocycles. The van der Waals surface area contributed by atoms with Gasteiger partial charge >= 0.3 is 0 Å². The van der Waals surface area contributed by atoms with Crippen LogP contribution in [-0.4, -0.2) is 78.5 Å². The smallest absolute Gasteiger partial charge is 0.193 e. The number of likely N-dealkylation sites (tertiary alicyclic amines) is 1. The number of guanidine groups is 1. The van der Waals surface area contributed by atoms with Crippen molar-refractivity contribution in [3.8, 4) is 0 Å². The zero-order valence-corrected chi connectivity index (χ0v) is 17.0. The third-order valence-corrected chi connectivity index (χ3v) is 4.58. The summed E-state index contributed by atoms with van der Waals surface area (Å²) in [6.07, 6.45) is 6.65. The third-order valence-electron chi connectivity index (χ3n) is 4.58. The topological polar surface area (TPSA) is 57.9 Å². The largest absolute Gasteiger partial charge is 0.370 e. The molecule has 1 aromatic heterocycles. The molecule has 0 aromatic carbocycles. The van der Waals surface area contributed by atoms with Crippen LogP contribution in [0.2, 0.25) is 0 Å². The van der Waals surface area contributed by atoms with Gasteiger partial charge < -0.3 is 19.9 Å². The Morgan fingerprint density at radius 3 is 2.83 bits per heavy atom. The van der Waals surface area contributed by atoms with Gasteiger partial charge in [0.25, 0.3) is 0 Å². The summed E-state index contributed by atoms with van der Waals surface area (Å²) in [4.78, 5) is 9.24. The molecule has 1 atom stereocenters. The molecular weight excluding hydrogens is 419 g/mol. The Morgan fingerprint density at radius 2 is 2.17 bits per heavy atom. The first-order valence-electron chi connectivity index (χ1n) is 8.54. The fourth-order valence-corrected chi connectivity index (χ4v) is 3.31. The van der Waals surface area contributed by atoms with Crippen LogP contribution in [0.15, 0.2) is 17.4 Å². The average molecular weight is 448 g/mol. The fourth-order valence-electron chi connectivity index (χ4n) is 3.31. The minimum atomic E-state index is 0. The van der Waals surface area contributed by atoms with Crippen molar-refractivity contribution in [2.75, 3.05) is 52.9 Å². The first kappa shape index (κ1) is 19.5. The molecule has 24 heavy (non-hydrogen) atoms. The Hall–Kier alpha value is -0.870. The second-order valence-corrected chi connectivity index (χ2v) is 6.28. The molecule has 1 aromatic rings. The normalized spacial score (nSPS) is 22.5. The summed E-state index contributed by atoms with van der Waals surface area (Å²) in [5.41, 5.74) is 1.13. The molecule has 136 valence electrons. The highest BCUT2D eigenvalue weighted by atomic mass is 127. The van der Waals surface area contributed by atoms with Crippen LogP contribution in [0.1, 0.15) is 24.5 Å². The van der Waals surface area contributed by atoms with Crippen LogP contribution in [0.3, 0.4) is 0 Å². The van der Waals surface area contributed by atoms with Gasteiger partial charge in [-0.25, -0.2) is 0 Å². The van der Waals surface area contributed by atoms with Gasteiger partial charge in [0.2, 0.25) is 0 Å². The molecule has 0 aliphatic carbocycles. The molecular formula is C16H29IN6O. The zero-order chi connectivity index (χ0) is 16.1. The van der Waals surface area contributed by atoms with Crippen molar-refractivity contribution in [3.05, 3.63) is 18.0 Å². The lowest BCUT2D eigenvalue weighted by molar-refractivity contribution is -0.00804. The summed E-state index contributed by atoms with van der Waals surface area (Å²) >= 11 is 0. The van der Waals surface area contributed by atoms with Crippen molar-refractivity contribution in [1.29, 1.82) is 0 Å². The number of hydrogen-bond donors (Lipinski definition) is 1. The van der Waals surface area contributed by atoms with Crippen molar-refractivity contribution in [2.24, 2.45) is 12.0 Å². The number of aliphatic imine (C=N–C) groups is 1. The number of ether oxygens (including phenoxy) is 1. The van der Waals surface area contributed by atoms with Gasteiger partial charge in [0.05, 0.1) is 19.3 Å². The Kier molecular flexibility index (Phi) is 7.76. The van der Waals surface area contributed by atoms with Crippen LogP contribution >= 0.6 is 24.0 Å². The van der Waals surface area contributed by atoms with Crippen molar-refractivity contribution in [2.45, 2.75) is 18.9 Å². The number of aromatic nitrogens is 2. The molecule has 3 heterocycles. The quantitative estimate of drug-likeness (QED) is 0.425. The van der Waals surface area contributed by atoms with Gasteiger partial charge in [-0.15, -0.1) is 24.0 Å². The molecule has 3 rings (SSSR count). The maximum atomic E-state index is 5.90. The molecule has 8 heteroatoms. The lowest BCUT2D eigenvalue weighted by Crippen LogP contribution is -2.49. The highest BCUT2D eigenvalue weighted by molar-refractivity contribution is 14.0. The zero-order valence-electron chi connectivity index (χ0n) is 14.6. The molecule has 0 amide bonds. The summed E-state index contributed by atoms with van der Waals surface area (Å²) in [5.74, 6) is 0.974. The lowest BCUT2D eigenvalue weighted by atomic mass is 10.1. The molecule has 2 aliphatic heterocycles. The van der Waals surface area contributed by atoms with Crippen molar-refractivity contribution in [1.82, 2.24) is 24.9 Å². The molecule has 0 saturated carbocycles. The number of aryl methyl sites for hydroxylation is 1. The van der Waals surface area contributed by atoms with Crippen LogP contribution < -0.4 is 5.32 Å². The average Bonchev–Trinajstić information content (AvgIpc) is 3.23. The first-order valence-corrected chi connectivity index (χ1v) is 8.54. The summed E-state index contributed by atoms with van der Waals surface area (Å²) in [6, 6.07) is 0. The molecule has 1 unspecified atom stereocenters. The summed E-state index contributed by atoms with van der Waals surface area (Å²) in [7, 11) is 3.79. The number of rotatable bonds is 4. The van der Waals surface area contributed by atoms with E-state index in [1.54, 1.807) is 0 Å². The second-order valence-electron chi connectivity index (χ2n) is 6.28. The van der Waals surface area contributed by atoms with Crippen LogP contribution in [0, 0.1) is 0 Å². The van der Waals surface area contributed by atoms with Gasteiger partial charge in [-0.2, -0.15) is 5.10 Å². The van der Waals surface area contributed by atoms with E-state index in [1.165, 1.54) is 25.9 Å². The predicted octanol–water partition coefficient (Wildman–Crippen LogP) is 1.08. The van der Waals surface area contributed by atoms with Crippen molar-refractivity contribution in [3.63, 3.8) is 0 Å². The van der Waals surface area contributed by atoms with E-state index in [9.17, 15) is 0 Å². The van der Waals surface area contributed by atoms with E-state index in [4.69, 9.17) is 4.74 Å². The monoisotopic (exact) mass is 448 g/mol. The molecule has 2 fully saturated rings. The maximum Gasteiger partial charge on any atom is 0.193 e. The lowest BCUT2D eigenvalue weighted by Gasteiger charge is -2.35. The standard InChI is InChI=1S/C16H28N6O.HI/c1-17-16(18-5-8-21-6-3-4-7-21)22-9-10-23-15(13-22)14-11-19-20(2)12-14;/h11-12,15H,3-10,13H2,1-2H3,(H,17,18);1H. The van der Waals surface area contributed by atoms with Gasteiger partial charge in [0, 0.05) is 45.5 Å². The van der Waals surface area contributed by atoms with Crippen LogP contribution in [-0.2, 0) is 11.8 Å². The Morgan fingerprint density at radius 1 is 1.38 bits per heavy atom. The number of morpholine rings is 1. The first-order chi connectivity index (χ1) is 11.3. The van der Waals surface area contributed by atoms with Gasteiger partial charge in [0.1, 0.15) is 6.10 Å². The highest BCUT2D eigenvalue weighted by Gasteiger charge is 2.25. The number of halogens is 1. The van der Waals surface area contributed by atoms with E-state index in [1.807, 2.05) is 31.2 Å². The van der Waals surface area contributed by atoms with Gasteiger partial charge in [-0.05, 0) is 25.9 Å². The summed E-state index contributed by atoms with van der Waals surface area (Å²) < 4.78 is 7.72. The Labute approximate surface area is 161 Å². The van der Waals surface area contributed by atoms with Crippen LogP contribution in [0.5, 0.6) is 0 Å². The van der Waals surface area contributed by atoms with E-state index in [0.29, 0.717) is 6.61 Å². The number of nitrogens with one attached hydrogen (secondary N) is 1. The van der Waals surface area contributed by atoms with E-state index in [0.717, 1.165) is 37.7 Å². The molecule has 0 bridgehead atoms. The molecule has 0 radical (unpaired) electrons. The van der Waals surface area contributed by atoms with E-state index in [-0.39, 0.29) is 30.1 Å². The highest BCUT2D eigenvalue weighted by Crippen LogP contribution is 2.21. The van der Waals surface area contributed by atoms with Gasteiger partial charge in [0.15, 0.2) is 5.96 Å². The number of nitrogens with zero attached hydrogens (tertiary/aromatic N) is 5. The van der Waals surface area contributed by atoms with E-state index < -0.39 is 0 Å². The molecule has 0 spiro atoms. The van der Waals surface area contributed by atoms with Gasteiger partial charge in [-0.3, -0.25) is 9.67 Å². The summed E-state index contributed by atoms with van der Waals surface area (Å²) in [6.45, 7) is 6.92. The second kappa shape index (κ2) is 9.57. The van der Waals surface area contributed by atoms with Crippen molar-refractivity contribution >= 4 is 29.9 Å². The third kappa shape index (κ3) is 5.06.